The lowest BCUT2D eigenvalue weighted by Gasteiger charge is -2.09. The fourth-order valence-corrected chi connectivity index (χ4v) is 3.60. The molecule has 3 aromatic rings. The minimum absolute atomic E-state index is 0.812. The van der Waals surface area contributed by atoms with Crippen molar-refractivity contribution in [3.63, 3.8) is 0 Å². The average Bonchev–Trinajstić information content (AvgIpc) is 2.95. The van der Waals surface area contributed by atoms with Gasteiger partial charge in [-0.05, 0) is 18.6 Å². The summed E-state index contributed by atoms with van der Waals surface area (Å²) in [5.41, 5.74) is 1.89. The van der Waals surface area contributed by atoms with E-state index in [0.29, 0.717) is 0 Å². The monoisotopic (exact) mass is 326 g/mol. The third-order valence-corrected chi connectivity index (χ3v) is 4.85. The topological polar surface area (TPSA) is 43.6 Å². The first-order chi connectivity index (χ1) is 11.3. The van der Waals surface area contributed by atoms with Gasteiger partial charge < -0.3 is 4.57 Å². The summed E-state index contributed by atoms with van der Waals surface area (Å²) < 4.78 is 2.32. The highest BCUT2D eigenvalue weighted by molar-refractivity contribution is 7.99. The maximum atomic E-state index is 4.71. The maximum absolute atomic E-state index is 4.71. The van der Waals surface area contributed by atoms with E-state index >= 15 is 0 Å². The van der Waals surface area contributed by atoms with Crippen LogP contribution in [0.4, 0.5) is 0 Å². The number of aromatic nitrogens is 4. The molecular weight excluding hydrogens is 304 g/mol. The van der Waals surface area contributed by atoms with E-state index in [-0.39, 0.29) is 0 Å². The SMILES string of the molecule is CCCCCn1c(CC)nc2ncnc(Sc3ccccc3)c21. The molecule has 0 saturated carbocycles. The summed E-state index contributed by atoms with van der Waals surface area (Å²) in [5, 5.41) is 0.991. The van der Waals surface area contributed by atoms with Crippen molar-refractivity contribution < 1.29 is 0 Å². The summed E-state index contributed by atoms with van der Waals surface area (Å²) in [6, 6.07) is 10.4. The van der Waals surface area contributed by atoms with E-state index in [1.165, 1.54) is 24.2 Å². The van der Waals surface area contributed by atoms with Crippen LogP contribution < -0.4 is 0 Å². The number of nitrogens with zero attached hydrogens (tertiary/aromatic N) is 4. The summed E-state index contributed by atoms with van der Waals surface area (Å²) in [7, 11) is 0. The first-order valence-electron chi connectivity index (χ1n) is 8.26. The molecule has 5 heteroatoms. The van der Waals surface area contributed by atoms with Gasteiger partial charge in [-0.15, -0.1) is 0 Å². The van der Waals surface area contributed by atoms with Gasteiger partial charge in [0.1, 0.15) is 22.7 Å². The van der Waals surface area contributed by atoms with Crippen LogP contribution in [0.15, 0.2) is 46.6 Å². The number of fused-ring (bicyclic) bond motifs is 1. The first-order valence-corrected chi connectivity index (χ1v) is 9.08. The third kappa shape index (κ3) is 3.55. The number of hydrogen-bond acceptors (Lipinski definition) is 4. The molecule has 1 aromatic carbocycles. The quantitative estimate of drug-likeness (QED) is 0.465. The zero-order chi connectivity index (χ0) is 16.1. The van der Waals surface area contributed by atoms with Gasteiger partial charge in [0, 0.05) is 17.9 Å². The van der Waals surface area contributed by atoms with Crippen molar-refractivity contribution in [2.45, 2.75) is 56.0 Å². The van der Waals surface area contributed by atoms with Crippen LogP contribution in [0.1, 0.15) is 38.9 Å². The van der Waals surface area contributed by atoms with Crippen molar-refractivity contribution in [3.05, 3.63) is 42.5 Å². The molecular formula is C18H22N4S. The molecule has 0 spiro atoms. The van der Waals surface area contributed by atoms with E-state index in [2.05, 4.69) is 52.6 Å². The van der Waals surface area contributed by atoms with Crippen molar-refractivity contribution in [2.24, 2.45) is 0 Å². The lowest BCUT2D eigenvalue weighted by Crippen LogP contribution is -2.04. The molecule has 0 aliphatic carbocycles. The van der Waals surface area contributed by atoms with Gasteiger partial charge in [-0.25, -0.2) is 15.0 Å². The number of imidazole rings is 1. The molecule has 0 unspecified atom stereocenters. The molecule has 0 atom stereocenters. The third-order valence-electron chi connectivity index (χ3n) is 3.85. The van der Waals surface area contributed by atoms with Crippen LogP contribution >= 0.6 is 11.8 Å². The highest BCUT2D eigenvalue weighted by Crippen LogP contribution is 2.31. The molecule has 0 aliphatic heterocycles. The highest BCUT2D eigenvalue weighted by atomic mass is 32.2. The van der Waals surface area contributed by atoms with Crippen molar-refractivity contribution in [1.29, 1.82) is 0 Å². The Bertz CT molecular complexity index is 767. The van der Waals surface area contributed by atoms with Crippen LogP contribution in [0.3, 0.4) is 0 Å². The molecule has 0 radical (unpaired) electrons. The van der Waals surface area contributed by atoms with Crippen LogP contribution in [0.25, 0.3) is 11.2 Å². The van der Waals surface area contributed by atoms with Gasteiger partial charge in [0.25, 0.3) is 0 Å². The highest BCUT2D eigenvalue weighted by Gasteiger charge is 2.15. The number of hydrogen-bond donors (Lipinski definition) is 0. The zero-order valence-electron chi connectivity index (χ0n) is 13.7. The standard InChI is InChI=1S/C18H22N4S/c1-3-5-9-12-22-15(4-2)21-17-16(22)18(20-13-19-17)23-14-10-7-6-8-11-14/h6-8,10-11,13H,3-5,9,12H2,1-2H3. The summed E-state index contributed by atoms with van der Waals surface area (Å²) >= 11 is 1.68. The molecule has 0 bridgehead atoms. The summed E-state index contributed by atoms with van der Waals surface area (Å²) in [6.45, 7) is 5.37. The van der Waals surface area contributed by atoms with Crippen LogP contribution in [0, 0.1) is 0 Å². The molecule has 0 N–H and O–H groups in total. The Kier molecular flexibility index (Phi) is 5.28. The minimum atomic E-state index is 0.812. The van der Waals surface area contributed by atoms with E-state index in [1.54, 1.807) is 18.1 Å². The van der Waals surface area contributed by atoms with Gasteiger partial charge in [-0.2, -0.15) is 0 Å². The summed E-state index contributed by atoms with van der Waals surface area (Å²) in [5.74, 6) is 1.10. The Hall–Kier alpha value is -1.88. The lowest BCUT2D eigenvalue weighted by atomic mass is 10.2. The maximum Gasteiger partial charge on any atom is 0.182 e. The summed E-state index contributed by atoms with van der Waals surface area (Å²) in [6.07, 6.45) is 6.15. The second-order valence-electron chi connectivity index (χ2n) is 5.51. The van der Waals surface area contributed by atoms with Crippen molar-refractivity contribution in [2.75, 3.05) is 0 Å². The van der Waals surface area contributed by atoms with Crippen LogP contribution in [0.5, 0.6) is 0 Å². The van der Waals surface area contributed by atoms with Crippen molar-refractivity contribution in [3.8, 4) is 0 Å². The fourth-order valence-electron chi connectivity index (χ4n) is 2.69. The molecule has 120 valence electrons. The number of unbranched alkanes of at least 4 members (excludes halogenated alkanes) is 2. The Labute approximate surface area is 141 Å². The van der Waals surface area contributed by atoms with Crippen molar-refractivity contribution in [1.82, 2.24) is 19.5 Å². The lowest BCUT2D eigenvalue weighted by molar-refractivity contribution is 0.591. The van der Waals surface area contributed by atoms with Crippen LogP contribution in [-0.4, -0.2) is 19.5 Å². The molecule has 0 amide bonds. The predicted molar refractivity (Wildman–Crippen MR) is 94.8 cm³/mol. The first kappa shape index (κ1) is 16.0. The summed E-state index contributed by atoms with van der Waals surface area (Å²) in [4.78, 5) is 14.8. The molecule has 0 fully saturated rings. The Morgan fingerprint density at radius 2 is 1.87 bits per heavy atom. The minimum Gasteiger partial charge on any atom is -0.324 e. The molecule has 3 rings (SSSR count). The Morgan fingerprint density at radius 3 is 2.61 bits per heavy atom. The van der Waals surface area contributed by atoms with Gasteiger partial charge in [-0.1, -0.05) is 56.7 Å². The smallest absolute Gasteiger partial charge is 0.182 e. The molecule has 2 aromatic heterocycles. The molecule has 4 nitrogen and oxygen atoms in total. The van der Waals surface area contributed by atoms with Gasteiger partial charge in [0.05, 0.1) is 0 Å². The second-order valence-corrected chi connectivity index (χ2v) is 6.57. The fraction of sp³-hybridized carbons (Fsp3) is 0.389. The molecule has 0 aliphatic rings. The van der Waals surface area contributed by atoms with E-state index < -0.39 is 0 Å². The number of rotatable bonds is 7. The Balaban J connectivity index is 2.01. The van der Waals surface area contributed by atoms with E-state index in [0.717, 1.165) is 35.0 Å². The second kappa shape index (κ2) is 7.59. The predicted octanol–water partition coefficient (Wildman–Crippen LogP) is 4.73. The normalized spacial score (nSPS) is 11.2. The van der Waals surface area contributed by atoms with E-state index in [9.17, 15) is 0 Å². The molecule has 23 heavy (non-hydrogen) atoms. The van der Waals surface area contributed by atoms with Gasteiger partial charge >= 0.3 is 0 Å². The number of aryl methyl sites for hydroxylation is 2. The van der Waals surface area contributed by atoms with Crippen molar-refractivity contribution >= 4 is 22.9 Å². The molecule has 2 heterocycles. The van der Waals surface area contributed by atoms with E-state index in [1.807, 2.05) is 6.07 Å². The van der Waals surface area contributed by atoms with Crippen LogP contribution in [0.2, 0.25) is 0 Å². The van der Waals surface area contributed by atoms with Gasteiger partial charge in [0.2, 0.25) is 0 Å². The average molecular weight is 326 g/mol. The zero-order valence-corrected chi connectivity index (χ0v) is 14.5. The Morgan fingerprint density at radius 1 is 1.04 bits per heavy atom. The largest absolute Gasteiger partial charge is 0.324 e. The van der Waals surface area contributed by atoms with Gasteiger partial charge in [-0.3, -0.25) is 0 Å². The molecule has 0 saturated heterocycles. The van der Waals surface area contributed by atoms with Crippen LogP contribution in [-0.2, 0) is 13.0 Å². The van der Waals surface area contributed by atoms with Gasteiger partial charge in [0.15, 0.2) is 5.65 Å². The van der Waals surface area contributed by atoms with E-state index in [4.69, 9.17) is 4.98 Å². The number of benzene rings is 1.